The molecule has 2 heterocycles. The van der Waals surface area contributed by atoms with Gasteiger partial charge >= 0.3 is 5.97 Å². The largest absolute Gasteiger partial charge is 0.480 e. The molecule has 2 atom stereocenters. The number of thioether (sulfide) groups is 1. The van der Waals surface area contributed by atoms with E-state index in [-0.39, 0.29) is 17.1 Å². The van der Waals surface area contributed by atoms with Gasteiger partial charge in [-0.2, -0.15) is 0 Å². The van der Waals surface area contributed by atoms with Gasteiger partial charge in [0.25, 0.3) is 5.91 Å². The van der Waals surface area contributed by atoms with Crippen LogP contribution in [0.4, 0.5) is 0 Å². The Bertz CT molecular complexity index is 500. The lowest BCUT2D eigenvalue weighted by Gasteiger charge is -2.28. The molecule has 19 heavy (non-hydrogen) atoms. The van der Waals surface area contributed by atoms with Gasteiger partial charge in [0.15, 0.2) is 0 Å². The fourth-order valence-corrected chi connectivity index (χ4v) is 3.55. The van der Waals surface area contributed by atoms with Crippen LogP contribution in [0.2, 0.25) is 0 Å². The maximum atomic E-state index is 12.4. The summed E-state index contributed by atoms with van der Waals surface area (Å²) in [6.07, 6.45) is 0. The van der Waals surface area contributed by atoms with E-state index in [4.69, 9.17) is 4.52 Å². The number of carbonyl (C=O) groups excluding carboxylic acids is 1. The van der Waals surface area contributed by atoms with Crippen molar-refractivity contribution in [3.8, 4) is 0 Å². The normalized spacial score (nSPS) is 23.1. The fourth-order valence-electron chi connectivity index (χ4n) is 2.08. The molecule has 0 radical (unpaired) electrons. The summed E-state index contributed by atoms with van der Waals surface area (Å²) >= 11 is 1.49. The fraction of sp³-hybridized carbons (Fsp3) is 0.583. The minimum absolute atomic E-state index is 0.0944. The molecular formula is C12H16N2O4S. The molecule has 1 aromatic heterocycles. The third-order valence-corrected chi connectivity index (χ3v) is 4.58. The molecule has 7 heteroatoms. The van der Waals surface area contributed by atoms with E-state index in [1.54, 1.807) is 6.92 Å². The summed E-state index contributed by atoms with van der Waals surface area (Å²) in [5.74, 6) is -0.729. The summed E-state index contributed by atoms with van der Waals surface area (Å²) in [4.78, 5) is 25.1. The summed E-state index contributed by atoms with van der Waals surface area (Å²) in [5, 5.41) is 12.7. The molecule has 2 rings (SSSR count). The Morgan fingerprint density at radius 2 is 2.26 bits per heavy atom. The van der Waals surface area contributed by atoms with Crippen LogP contribution >= 0.6 is 11.8 Å². The Labute approximate surface area is 115 Å². The molecule has 0 saturated carbocycles. The Kier molecular flexibility index (Phi) is 3.84. The lowest BCUT2D eigenvalue weighted by atomic mass is 10.1. The second kappa shape index (κ2) is 5.24. The van der Waals surface area contributed by atoms with Crippen LogP contribution in [-0.4, -0.2) is 44.2 Å². The number of rotatable bonds is 3. The highest BCUT2D eigenvalue weighted by Gasteiger charge is 2.44. The average Bonchev–Trinajstić information content (AvgIpc) is 2.93. The zero-order chi connectivity index (χ0) is 14.2. The number of carboxylic acid groups (broad SMARTS) is 1. The van der Waals surface area contributed by atoms with E-state index >= 15 is 0 Å². The molecule has 1 N–H and O–H groups in total. The van der Waals surface area contributed by atoms with Gasteiger partial charge < -0.3 is 14.5 Å². The molecule has 1 aliphatic heterocycles. The molecule has 1 aliphatic rings. The number of carboxylic acids is 1. The van der Waals surface area contributed by atoms with Crippen LogP contribution in [0.25, 0.3) is 0 Å². The second-order valence-electron chi connectivity index (χ2n) is 4.87. The zero-order valence-electron chi connectivity index (χ0n) is 11.0. The Morgan fingerprint density at radius 1 is 1.58 bits per heavy atom. The van der Waals surface area contributed by atoms with Gasteiger partial charge in [0.1, 0.15) is 6.04 Å². The molecule has 104 valence electrons. The number of aryl methyl sites for hydroxylation is 1. The molecule has 0 aliphatic carbocycles. The maximum Gasteiger partial charge on any atom is 0.327 e. The molecule has 1 aromatic rings. The van der Waals surface area contributed by atoms with E-state index in [2.05, 4.69) is 5.16 Å². The van der Waals surface area contributed by atoms with Crippen LogP contribution in [0.5, 0.6) is 0 Å². The molecule has 2 unspecified atom stereocenters. The smallest absolute Gasteiger partial charge is 0.327 e. The predicted molar refractivity (Wildman–Crippen MR) is 69.9 cm³/mol. The lowest BCUT2D eigenvalue weighted by molar-refractivity contribution is -0.141. The Balaban J connectivity index is 2.30. The van der Waals surface area contributed by atoms with Crippen molar-refractivity contribution in [2.75, 3.05) is 5.75 Å². The summed E-state index contributed by atoms with van der Waals surface area (Å²) in [6.45, 7) is 5.65. The number of aliphatic carboxylic acids is 1. The van der Waals surface area contributed by atoms with Crippen LogP contribution in [-0.2, 0) is 4.79 Å². The van der Waals surface area contributed by atoms with Crippen molar-refractivity contribution < 1.29 is 19.2 Å². The van der Waals surface area contributed by atoms with Gasteiger partial charge in [0, 0.05) is 11.8 Å². The van der Waals surface area contributed by atoms with Gasteiger partial charge in [-0.1, -0.05) is 19.0 Å². The van der Waals surface area contributed by atoms with Gasteiger partial charge in [-0.05, 0) is 12.8 Å². The summed E-state index contributed by atoms with van der Waals surface area (Å²) < 4.78 is 4.95. The topological polar surface area (TPSA) is 83.6 Å². The van der Waals surface area contributed by atoms with Crippen LogP contribution < -0.4 is 0 Å². The molecule has 1 saturated heterocycles. The van der Waals surface area contributed by atoms with Gasteiger partial charge in [-0.15, -0.1) is 11.8 Å². The highest BCUT2D eigenvalue weighted by molar-refractivity contribution is 8.00. The third kappa shape index (κ3) is 2.60. The first kappa shape index (κ1) is 13.9. The standard InChI is InChI=1S/C12H16N2O4S/c1-6(2)11-14(8(5-19-11)12(16)17)10(15)9-4-7(3)13-18-9/h4,6,8,11H,5H2,1-3H3,(H,16,17). The van der Waals surface area contributed by atoms with Gasteiger partial charge in [0.2, 0.25) is 5.76 Å². The van der Waals surface area contributed by atoms with Crippen molar-refractivity contribution >= 4 is 23.6 Å². The van der Waals surface area contributed by atoms with Crippen molar-refractivity contribution in [2.24, 2.45) is 5.92 Å². The van der Waals surface area contributed by atoms with Crippen LogP contribution in [0.1, 0.15) is 30.1 Å². The van der Waals surface area contributed by atoms with Crippen molar-refractivity contribution in [2.45, 2.75) is 32.2 Å². The maximum absolute atomic E-state index is 12.4. The first-order valence-electron chi connectivity index (χ1n) is 6.02. The van der Waals surface area contributed by atoms with E-state index in [1.165, 1.54) is 22.7 Å². The van der Waals surface area contributed by atoms with E-state index in [1.807, 2.05) is 13.8 Å². The zero-order valence-corrected chi connectivity index (χ0v) is 11.8. The molecule has 0 bridgehead atoms. The van der Waals surface area contributed by atoms with Crippen molar-refractivity contribution in [3.63, 3.8) is 0 Å². The first-order valence-corrected chi connectivity index (χ1v) is 7.07. The summed E-state index contributed by atoms with van der Waals surface area (Å²) in [5.41, 5.74) is 0.600. The highest BCUT2D eigenvalue weighted by Crippen LogP contribution is 2.35. The Morgan fingerprint density at radius 3 is 2.74 bits per heavy atom. The SMILES string of the molecule is Cc1cc(C(=O)N2C(C(=O)O)CSC2C(C)C)on1. The number of hydrogen-bond donors (Lipinski definition) is 1. The van der Waals surface area contributed by atoms with Gasteiger partial charge in [-0.25, -0.2) is 4.79 Å². The number of aromatic nitrogens is 1. The van der Waals surface area contributed by atoms with Crippen LogP contribution in [0.15, 0.2) is 10.6 Å². The number of amides is 1. The number of hydrogen-bond acceptors (Lipinski definition) is 5. The molecule has 1 fully saturated rings. The Hall–Kier alpha value is -1.50. The van der Waals surface area contributed by atoms with E-state index in [0.717, 1.165) is 0 Å². The predicted octanol–water partition coefficient (Wildman–Crippen LogP) is 1.61. The van der Waals surface area contributed by atoms with Gasteiger partial charge in [-0.3, -0.25) is 4.79 Å². The quantitative estimate of drug-likeness (QED) is 0.907. The van der Waals surface area contributed by atoms with Crippen molar-refractivity contribution in [3.05, 3.63) is 17.5 Å². The van der Waals surface area contributed by atoms with E-state index < -0.39 is 17.9 Å². The molecule has 0 spiro atoms. The first-order chi connectivity index (χ1) is 8.91. The molecular weight excluding hydrogens is 268 g/mol. The van der Waals surface area contributed by atoms with Crippen molar-refractivity contribution in [1.29, 1.82) is 0 Å². The second-order valence-corrected chi connectivity index (χ2v) is 6.02. The van der Waals surface area contributed by atoms with Gasteiger partial charge in [0.05, 0.1) is 11.1 Å². The highest BCUT2D eigenvalue weighted by atomic mass is 32.2. The van der Waals surface area contributed by atoms with Crippen molar-refractivity contribution in [1.82, 2.24) is 10.1 Å². The summed E-state index contributed by atoms with van der Waals surface area (Å²) in [7, 11) is 0. The average molecular weight is 284 g/mol. The van der Waals surface area contributed by atoms with E-state index in [9.17, 15) is 14.7 Å². The molecule has 1 amide bonds. The van der Waals surface area contributed by atoms with Crippen LogP contribution in [0, 0.1) is 12.8 Å². The molecule has 0 aromatic carbocycles. The monoisotopic (exact) mass is 284 g/mol. The van der Waals surface area contributed by atoms with Crippen LogP contribution in [0.3, 0.4) is 0 Å². The number of carbonyl (C=O) groups is 2. The summed E-state index contributed by atoms with van der Waals surface area (Å²) in [6, 6.07) is 0.719. The number of nitrogens with zero attached hydrogens (tertiary/aromatic N) is 2. The molecule has 6 nitrogen and oxygen atoms in total. The third-order valence-electron chi connectivity index (χ3n) is 2.96. The lowest BCUT2D eigenvalue weighted by Crippen LogP contribution is -2.47. The van der Waals surface area contributed by atoms with E-state index in [0.29, 0.717) is 11.4 Å². The minimum atomic E-state index is -0.986. The minimum Gasteiger partial charge on any atom is -0.480 e.